The summed E-state index contributed by atoms with van der Waals surface area (Å²) in [7, 11) is 0. The number of pyridine rings is 1. The molecule has 1 fully saturated rings. The van der Waals surface area contributed by atoms with Gasteiger partial charge in [0.15, 0.2) is 0 Å². The minimum absolute atomic E-state index is 0.260. The second-order valence-electron chi connectivity index (χ2n) is 5.35. The van der Waals surface area contributed by atoms with Crippen LogP contribution in [0.15, 0.2) is 12.3 Å². The fourth-order valence-electron chi connectivity index (χ4n) is 2.44. The molecule has 0 aliphatic heterocycles. The lowest BCUT2D eigenvalue weighted by atomic mass is 9.87. The molecule has 0 bridgehead atoms. The topological polar surface area (TPSA) is 74.7 Å². The highest BCUT2D eigenvalue weighted by molar-refractivity contribution is 5.57. The molecule has 1 aliphatic rings. The first-order valence-electron chi connectivity index (χ1n) is 5.95. The monoisotopic (exact) mass is 230 g/mol. The van der Waals surface area contributed by atoms with Crippen molar-refractivity contribution in [1.82, 2.24) is 4.98 Å². The SMILES string of the molecule is CC1(C)CCCC1Nc1ncc(N)cc1C#N. The van der Waals surface area contributed by atoms with E-state index in [9.17, 15) is 0 Å². The molecule has 1 heterocycles. The van der Waals surface area contributed by atoms with Gasteiger partial charge in [-0.15, -0.1) is 0 Å². The number of nitrogen functional groups attached to an aromatic ring is 1. The summed E-state index contributed by atoms with van der Waals surface area (Å²) in [6.07, 6.45) is 5.15. The van der Waals surface area contributed by atoms with Gasteiger partial charge in [0, 0.05) is 6.04 Å². The highest BCUT2D eigenvalue weighted by Crippen LogP contribution is 2.39. The van der Waals surface area contributed by atoms with Crippen molar-refractivity contribution < 1.29 is 0 Å². The van der Waals surface area contributed by atoms with Crippen LogP contribution in [-0.4, -0.2) is 11.0 Å². The van der Waals surface area contributed by atoms with Crippen LogP contribution in [0.25, 0.3) is 0 Å². The molecule has 0 amide bonds. The molecule has 1 atom stereocenters. The number of nitrogens with one attached hydrogen (secondary N) is 1. The van der Waals surface area contributed by atoms with E-state index < -0.39 is 0 Å². The molecule has 1 aromatic heterocycles. The van der Waals surface area contributed by atoms with Gasteiger partial charge in [-0.05, 0) is 24.3 Å². The molecule has 0 radical (unpaired) electrons. The maximum atomic E-state index is 9.06. The van der Waals surface area contributed by atoms with E-state index in [4.69, 9.17) is 11.0 Å². The van der Waals surface area contributed by atoms with E-state index in [0.29, 0.717) is 23.1 Å². The van der Waals surface area contributed by atoms with Crippen LogP contribution in [0.4, 0.5) is 11.5 Å². The number of hydrogen-bond acceptors (Lipinski definition) is 4. The van der Waals surface area contributed by atoms with Crippen molar-refractivity contribution in [1.29, 1.82) is 5.26 Å². The second kappa shape index (κ2) is 4.25. The Morgan fingerprint density at radius 2 is 2.35 bits per heavy atom. The fourth-order valence-corrected chi connectivity index (χ4v) is 2.44. The number of anilines is 2. The van der Waals surface area contributed by atoms with Crippen LogP contribution in [0.1, 0.15) is 38.7 Å². The molecule has 1 aliphatic carbocycles. The van der Waals surface area contributed by atoms with Crippen LogP contribution in [0, 0.1) is 16.7 Å². The summed E-state index contributed by atoms with van der Waals surface area (Å²) in [5.41, 5.74) is 6.93. The molecule has 2 rings (SSSR count). The second-order valence-corrected chi connectivity index (χ2v) is 5.35. The summed E-state index contributed by atoms with van der Waals surface area (Å²) in [6, 6.07) is 4.18. The van der Waals surface area contributed by atoms with Crippen LogP contribution in [-0.2, 0) is 0 Å². The standard InChI is InChI=1S/C13H18N4/c1-13(2)5-3-4-11(13)17-12-9(7-14)6-10(15)8-16-12/h6,8,11H,3-5,15H2,1-2H3,(H,16,17). The molecule has 0 aromatic carbocycles. The molecule has 0 spiro atoms. The lowest BCUT2D eigenvalue weighted by Gasteiger charge is -2.28. The van der Waals surface area contributed by atoms with E-state index in [0.717, 1.165) is 6.42 Å². The fraction of sp³-hybridized carbons (Fsp3) is 0.538. The van der Waals surface area contributed by atoms with Gasteiger partial charge in [0.1, 0.15) is 11.9 Å². The van der Waals surface area contributed by atoms with Crippen molar-refractivity contribution in [3.8, 4) is 6.07 Å². The van der Waals surface area contributed by atoms with E-state index in [-0.39, 0.29) is 5.41 Å². The van der Waals surface area contributed by atoms with Crippen molar-refractivity contribution in [2.75, 3.05) is 11.1 Å². The van der Waals surface area contributed by atoms with E-state index in [1.807, 2.05) is 0 Å². The zero-order valence-corrected chi connectivity index (χ0v) is 10.3. The number of rotatable bonds is 2. The predicted octanol–water partition coefficient (Wildman–Crippen LogP) is 2.53. The van der Waals surface area contributed by atoms with E-state index in [1.165, 1.54) is 12.8 Å². The number of nitrogens with zero attached hydrogens (tertiary/aromatic N) is 2. The van der Waals surface area contributed by atoms with Gasteiger partial charge < -0.3 is 11.1 Å². The van der Waals surface area contributed by atoms with E-state index in [1.54, 1.807) is 12.3 Å². The first-order valence-corrected chi connectivity index (χ1v) is 5.95. The average Bonchev–Trinajstić information content (AvgIpc) is 2.61. The van der Waals surface area contributed by atoms with Crippen molar-refractivity contribution in [2.45, 2.75) is 39.2 Å². The zero-order chi connectivity index (χ0) is 12.5. The Morgan fingerprint density at radius 3 is 2.94 bits per heavy atom. The summed E-state index contributed by atoms with van der Waals surface area (Å²) in [6.45, 7) is 4.50. The number of nitriles is 1. The molecule has 0 saturated heterocycles. The van der Waals surface area contributed by atoms with Gasteiger partial charge in [-0.2, -0.15) is 5.26 Å². The third kappa shape index (κ3) is 2.33. The maximum absolute atomic E-state index is 9.06. The van der Waals surface area contributed by atoms with Crippen LogP contribution in [0.5, 0.6) is 0 Å². The third-order valence-electron chi connectivity index (χ3n) is 3.60. The van der Waals surface area contributed by atoms with Crippen molar-refractivity contribution >= 4 is 11.5 Å². The summed E-state index contributed by atoms with van der Waals surface area (Å²) >= 11 is 0. The van der Waals surface area contributed by atoms with E-state index in [2.05, 4.69) is 30.2 Å². The Morgan fingerprint density at radius 1 is 1.59 bits per heavy atom. The highest BCUT2D eigenvalue weighted by Gasteiger charge is 2.34. The number of aromatic nitrogens is 1. The van der Waals surface area contributed by atoms with E-state index >= 15 is 0 Å². The smallest absolute Gasteiger partial charge is 0.144 e. The van der Waals surface area contributed by atoms with Crippen LogP contribution in [0.2, 0.25) is 0 Å². The van der Waals surface area contributed by atoms with Gasteiger partial charge in [0.25, 0.3) is 0 Å². The lowest BCUT2D eigenvalue weighted by Crippen LogP contribution is -2.31. The Labute approximate surface area is 102 Å². The van der Waals surface area contributed by atoms with Gasteiger partial charge in [-0.3, -0.25) is 0 Å². The molecule has 1 unspecified atom stereocenters. The minimum atomic E-state index is 0.260. The minimum Gasteiger partial charge on any atom is -0.397 e. The van der Waals surface area contributed by atoms with Gasteiger partial charge in [0.2, 0.25) is 0 Å². The summed E-state index contributed by atoms with van der Waals surface area (Å²) in [5, 5.41) is 12.5. The summed E-state index contributed by atoms with van der Waals surface area (Å²) in [4.78, 5) is 4.22. The molecular weight excluding hydrogens is 212 g/mol. The van der Waals surface area contributed by atoms with Crippen LogP contribution < -0.4 is 11.1 Å². The van der Waals surface area contributed by atoms with Crippen molar-refractivity contribution in [3.05, 3.63) is 17.8 Å². The first-order chi connectivity index (χ1) is 8.03. The maximum Gasteiger partial charge on any atom is 0.144 e. The van der Waals surface area contributed by atoms with Gasteiger partial charge in [-0.1, -0.05) is 20.3 Å². The molecule has 3 N–H and O–H groups in total. The van der Waals surface area contributed by atoms with Crippen LogP contribution >= 0.6 is 0 Å². The Kier molecular flexibility index (Phi) is 2.93. The number of nitrogens with two attached hydrogens (primary N) is 1. The molecular formula is C13H18N4. The predicted molar refractivity (Wildman–Crippen MR) is 68.4 cm³/mol. The quantitative estimate of drug-likeness (QED) is 0.818. The summed E-state index contributed by atoms with van der Waals surface area (Å²) in [5.74, 6) is 0.654. The lowest BCUT2D eigenvalue weighted by molar-refractivity contribution is 0.349. The molecule has 90 valence electrons. The first kappa shape index (κ1) is 11.7. The molecule has 4 nitrogen and oxygen atoms in total. The number of hydrogen-bond donors (Lipinski definition) is 2. The Hall–Kier alpha value is -1.76. The van der Waals surface area contributed by atoms with Crippen molar-refractivity contribution in [3.63, 3.8) is 0 Å². The van der Waals surface area contributed by atoms with Crippen LogP contribution in [0.3, 0.4) is 0 Å². The largest absolute Gasteiger partial charge is 0.397 e. The average molecular weight is 230 g/mol. The molecule has 4 heteroatoms. The van der Waals surface area contributed by atoms with Gasteiger partial charge in [-0.25, -0.2) is 4.98 Å². The Bertz CT molecular complexity index is 459. The molecule has 17 heavy (non-hydrogen) atoms. The third-order valence-corrected chi connectivity index (χ3v) is 3.60. The summed E-state index contributed by atoms with van der Waals surface area (Å²) < 4.78 is 0. The van der Waals surface area contributed by atoms with Gasteiger partial charge in [0.05, 0.1) is 17.4 Å². The van der Waals surface area contributed by atoms with Gasteiger partial charge >= 0.3 is 0 Å². The highest BCUT2D eigenvalue weighted by atomic mass is 15.0. The zero-order valence-electron chi connectivity index (χ0n) is 10.3. The van der Waals surface area contributed by atoms with Crippen molar-refractivity contribution in [2.24, 2.45) is 5.41 Å². The molecule has 1 saturated carbocycles. The molecule has 1 aromatic rings. The Balaban J connectivity index is 2.22. The normalized spacial score (nSPS) is 22.1.